The van der Waals surface area contributed by atoms with E-state index in [1.165, 1.54) is 0 Å². The first-order chi connectivity index (χ1) is 19.8. The minimum atomic E-state index is 0. The summed E-state index contributed by atoms with van der Waals surface area (Å²) in [7, 11) is 0. The van der Waals surface area contributed by atoms with Gasteiger partial charge in [-0.3, -0.25) is 0 Å². The van der Waals surface area contributed by atoms with E-state index in [4.69, 9.17) is 29.9 Å². The van der Waals surface area contributed by atoms with Crippen molar-refractivity contribution in [3.63, 3.8) is 0 Å². The molecule has 5 heterocycles. The fourth-order valence-electron chi connectivity index (χ4n) is 5.59. The number of aromatic amines is 2. The Labute approximate surface area is 271 Å². The molecule has 0 saturated heterocycles. The number of aromatic nitrogens is 8. The molecule has 0 unspecified atom stereocenters. The van der Waals surface area contributed by atoms with Gasteiger partial charge in [0.05, 0.1) is 0 Å². The van der Waals surface area contributed by atoms with Gasteiger partial charge in [-0.05, 0) is 0 Å². The van der Waals surface area contributed by atoms with Crippen molar-refractivity contribution in [1.82, 2.24) is 39.9 Å². The summed E-state index contributed by atoms with van der Waals surface area (Å²) in [4.78, 5) is 36.8. The molecule has 0 fully saturated rings. The first-order valence-corrected chi connectivity index (χ1v) is 13.0. The maximum Gasteiger partial charge on any atom is 0.164 e. The molecular formula is C32H20CeN8O. The molecule has 4 aromatic carbocycles. The van der Waals surface area contributed by atoms with E-state index in [-0.39, 0.29) is 47.2 Å². The number of fused-ring (bicyclic) bond motifs is 20. The van der Waals surface area contributed by atoms with Crippen molar-refractivity contribution in [2.24, 2.45) is 0 Å². The topological polar surface area (TPSA) is 140 Å². The predicted molar refractivity (Wildman–Crippen MR) is 160 cm³/mol. The fourth-order valence-corrected chi connectivity index (χ4v) is 5.59. The molecule has 0 radical (unpaired) electrons. The van der Waals surface area contributed by atoms with Crippen molar-refractivity contribution in [2.45, 2.75) is 0 Å². The van der Waals surface area contributed by atoms with E-state index in [9.17, 15) is 0 Å². The molecule has 3 aromatic heterocycles. The number of nitrogens with one attached hydrogen (secondary N) is 2. The monoisotopic (exact) mass is 672 g/mol. The van der Waals surface area contributed by atoms with Crippen LogP contribution in [0.2, 0.25) is 0 Å². The summed E-state index contributed by atoms with van der Waals surface area (Å²) in [6.45, 7) is 0. The Bertz CT molecular complexity index is 2040. The number of nitrogens with zero attached hydrogens (tertiary/aromatic N) is 6. The third kappa shape index (κ3) is 3.96. The molecular weight excluding hydrogens is 653 g/mol. The standard InChI is InChI=1S/C32H18N8.Ce.H2O/c1-2-10-18-17(9-1)25-33-26(18)38-28-21-13-5-6-14-22(21)30(35-28)40-32-24-16-8-7-15-23(24)31(36-32)39-29-20-12-4-3-11-19(20)27(34-29)37-25;;/h1-16H,(H2,33,34,35,36,37,38,39,40);;1H2. The van der Waals surface area contributed by atoms with Crippen LogP contribution in [0.5, 0.6) is 0 Å². The van der Waals surface area contributed by atoms with Crippen LogP contribution in [0.4, 0.5) is 0 Å². The van der Waals surface area contributed by atoms with Gasteiger partial charge in [0.25, 0.3) is 0 Å². The van der Waals surface area contributed by atoms with Crippen molar-refractivity contribution < 1.29 is 47.2 Å². The van der Waals surface area contributed by atoms with Crippen LogP contribution in [0.15, 0.2) is 97.1 Å². The van der Waals surface area contributed by atoms with Gasteiger partial charge >= 0.3 is 0 Å². The number of hydrogen-bond donors (Lipinski definition) is 2. The van der Waals surface area contributed by atoms with Gasteiger partial charge in [-0.15, -0.1) is 0 Å². The zero-order valence-electron chi connectivity index (χ0n) is 21.9. The maximum absolute atomic E-state index is 5.02. The number of hydrogen-bond acceptors (Lipinski definition) is 6. The number of rotatable bonds is 0. The van der Waals surface area contributed by atoms with Crippen molar-refractivity contribution in [1.29, 1.82) is 0 Å². The summed E-state index contributed by atoms with van der Waals surface area (Å²) >= 11 is 0. The molecule has 0 atom stereocenters. The molecule has 9 rings (SSSR count). The van der Waals surface area contributed by atoms with E-state index in [0.717, 1.165) is 43.8 Å². The first kappa shape index (κ1) is 26.5. The summed E-state index contributed by atoms with van der Waals surface area (Å²) in [5.41, 5.74) is 6.45. The molecule has 42 heavy (non-hydrogen) atoms. The van der Waals surface area contributed by atoms with Gasteiger partial charge in [0.1, 0.15) is 22.6 Å². The van der Waals surface area contributed by atoms with Gasteiger partial charge < -0.3 is 15.4 Å². The Kier molecular flexibility index (Phi) is 6.39. The summed E-state index contributed by atoms with van der Waals surface area (Å²) in [6.07, 6.45) is 0. The van der Waals surface area contributed by atoms with Crippen molar-refractivity contribution >= 4 is 44.1 Å². The van der Waals surface area contributed by atoms with Gasteiger partial charge in [-0.1, -0.05) is 97.1 Å². The molecule has 0 amide bonds. The normalized spacial score (nSPS) is 11.4. The molecule has 0 aliphatic carbocycles. The third-order valence-corrected chi connectivity index (χ3v) is 7.46. The predicted octanol–water partition coefficient (Wildman–Crippen LogP) is 6.04. The Morgan fingerprint density at radius 2 is 0.571 bits per heavy atom. The minimum Gasteiger partial charge on any atom is -0.412 e. The van der Waals surface area contributed by atoms with Crippen LogP contribution in [-0.2, 0) is 0 Å². The average molecular weight is 673 g/mol. The second-order valence-electron chi connectivity index (χ2n) is 9.79. The quantitative estimate of drug-likeness (QED) is 0.201. The Morgan fingerprint density at radius 3 is 0.833 bits per heavy atom. The minimum absolute atomic E-state index is 0. The molecule has 2 aliphatic rings. The summed E-state index contributed by atoms with van der Waals surface area (Å²) < 4.78 is 0. The van der Waals surface area contributed by atoms with Gasteiger partial charge in [-0.2, -0.15) is 0 Å². The number of H-pyrrole nitrogens is 2. The van der Waals surface area contributed by atoms with E-state index >= 15 is 0 Å². The van der Waals surface area contributed by atoms with E-state index in [0.29, 0.717) is 45.9 Å². The SMILES string of the molecule is O.[Ce].c1ccc2c(c1)-c1nc-2nc2[nH]c(nc3nc(nc4[nH]c(n1)c1ccccc41)-c1ccccc1-3)c1ccccc21. The molecule has 9 nitrogen and oxygen atoms in total. The molecule has 0 saturated carbocycles. The second kappa shape index (κ2) is 10.1. The van der Waals surface area contributed by atoms with Crippen LogP contribution in [0, 0.1) is 41.7 Å². The zero-order chi connectivity index (χ0) is 26.2. The van der Waals surface area contributed by atoms with Crippen LogP contribution in [0.25, 0.3) is 89.7 Å². The Balaban J connectivity index is 0.00000144. The second-order valence-corrected chi connectivity index (χ2v) is 9.79. The molecule has 198 valence electrons. The molecule has 0 spiro atoms. The van der Waals surface area contributed by atoms with E-state index in [1.54, 1.807) is 0 Å². The largest absolute Gasteiger partial charge is 0.412 e. The van der Waals surface area contributed by atoms with Crippen LogP contribution < -0.4 is 0 Å². The van der Waals surface area contributed by atoms with E-state index in [1.807, 2.05) is 97.1 Å². The summed E-state index contributed by atoms with van der Waals surface area (Å²) in [5, 5.41) is 3.82. The van der Waals surface area contributed by atoms with Crippen molar-refractivity contribution in [3.05, 3.63) is 97.1 Å². The van der Waals surface area contributed by atoms with Crippen LogP contribution >= 0.6 is 0 Å². The van der Waals surface area contributed by atoms with Crippen LogP contribution in [-0.4, -0.2) is 45.3 Å². The summed E-state index contributed by atoms with van der Waals surface area (Å²) in [5.74, 6) is 2.39. The Hall–Kier alpha value is -4.42. The van der Waals surface area contributed by atoms with Crippen molar-refractivity contribution in [2.75, 3.05) is 0 Å². The van der Waals surface area contributed by atoms with Gasteiger partial charge in [-0.25, -0.2) is 29.9 Å². The van der Waals surface area contributed by atoms with Crippen LogP contribution in [0.1, 0.15) is 0 Å². The molecule has 8 bridgehead atoms. The first-order valence-electron chi connectivity index (χ1n) is 13.0. The average Bonchev–Trinajstić information content (AvgIpc) is 3.73. The van der Waals surface area contributed by atoms with Gasteiger partial charge in [0.2, 0.25) is 0 Å². The number of benzene rings is 4. The fraction of sp³-hybridized carbons (Fsp3) is 0. The van der Waals surface area contributed by atoms with Crippen LogP contribution in [0.3, 0.4) is 0 Å². The summed E-state index contributed by atoms with van der Waals surface area (Å²) in [6, 6.07) is 32.2. The maximum atomic E-state index is 5.02. The van der Waals surface area contributed by atoms with Crippen molar-refractivity contribution in [3.8, 4) is 45.6 Å². The zero-order valence-corrected chi connectivity index (χ0v) is 25.1. The smallest absolute Gasteiger partial charge is 0.164 e. The van der Waals surface area contributed by atoms with E-state index < -0.39 is 0 Å². The van der Waals surface area contributed by atoms with Gasteiger partial charge in [0, 0.05) is 85.5 Å². The van der Waals surface area contributed by atoms with E-state index in [2.05, 4.69) is 9.97 Å². The third-order valence-electron chi connectivity index (χ3n) is 7.46. The molecule has 2 aliphatic heterocycles. The Morgan fingerprint density at radius 1 is 0.333 bits per heavy atom. The molecule has 10 heteroatoms. The molecule has 7 aromatic rings. The molecule has 4 N–H and O–H groups in total. The van der Waals surface area contributed by atoms with Gasteiger partial charge in [0.15, 0.2) is 23.3 Å².